The molecule has 0 aliphatic carbocycles. The van der Waals surface area contributed by atoms with Crippen molar-refractivity contribution in [2.24, 2.45) is 0 Å². The summed E-state index contributed by atoms with van der Waals surface area (Å²) in [4.78, 5) is 25.2. The molecule has 2 amide bonds. The number of benzene rings is 3. The summed E-state index contributed by atoms with van der Waals surface area (Å²) in [6.07, 6.45) is -0.884. The van der Waals surface area contributed by atoms with E-state index in [-0.39, 0.29) is 16.0 Å². The highest BCUT2D eigenvalue weighted by atomic mass is 35.5. The van der Waals surface area contributed by atoms with Gasteiger partial charge in [0.25, 0.3) is 11.8 Å². The summed E-state index contributed by atoms with van der Waals surface area (Å²) >= 11 is 17.2. The number of amides is 2. The Bertz CT molecular complexity index is 1140. The van der Waals surface area contributed by atoms with Gasteiger partial charge in [-0.05, 0) is 61.6 Å². The number of hydrogen-bond donors (Lipinski definition) is 3. The number of halogens is 2. The highest BCUT2D eigenvalue weighted by Gasteiger charge is 2.19. The Morgan fingerprint density at radius 3 is 2.34 bits per heavy atom. The Morgan fingerprint density at radius 2 is 1.62 bits per heavy atom. The lowest BCUT2D eigenvalue weighted by Crippen LogP contribution is -2.42. The standard InChI is InChI=1S/C23H19Cl2N3O3S/c1-14(31-20-12-11-15(24)13-18(20)25)21(29)28-23(32)27-19-10-6-5-9-17(19)22(30)26-16-7-3-2-4-8-16/h2-14H,1H3,(H,26,30)(H2,27,28,29,32). The second-order valence-corrected chi connectivity index (χ2v) is 7.90. The van der Waals surface area contributed by atoms with Crippen LogP contribution in [0.25, 0.3) is 0 Å². The molecule has 0 aliphatic rings. The van der Waals surface area contributed by atoms with Gasteiger partial charge in [-0.2, -0.15) is 0 Å². The fourth-order valence-electron chi connectivity index (χ4n) is 2.69. The summed E-state index contributed by atoms with van der Waals surface area (Å²) < 4.78 is 5.59. The molecule has 0 radical (unpaired) electrons. The predicted octanol–water partition coefficient (Wildman–Crippen LogP) is 5.53. The molecule has 1 atom stereocenters. The zero-order chi connectivity index (χ0) is 23.1. The van der Waals surface area contributed by atoms with Gasteiger partial charge in [-0.15, -0.1) is 0 Å². The van der Waals surface area contributed by atoms with Crippen LogP contribution < -0.4 is 20.7 Å². The van der Waals surface area contributed by atoms with Gasteiger partial charge in [0.15, 0.2) is 11.2 Å². The van der Waals surface area contributed by atoms with Gasteiger partial charge < -0.3 is 15.4 Å². The summed E-state index contributed by atoms with van der Waals surface area (Å²) in [6.45, 7) is 1.56. The van der Waals surface area contributed by atoms with E-state index in [0.717, 1.165) is 0 Å². The Balaban J connectivity index is 1.62. The number of anilines is 2. The van der Waals surface area contributed by atoms with Crippen LogP contribution in [0.2, 0.25) is 10.0 Å². The Kier molecular flexibility index (Phi) is 8.05. The fourth-order valence-corrected chi connectivity index (χ4v) is 3.36. The van der Waals surface area contributed by atoms with Crippen LogP contribution in [0.1, 0.15) is 17.3 Å². The van der Waals surface area contributed by atoms with Gasteiger partial charge in [0.1, 0.15) is 5.75 Å². The van der Waals surface area contributed by atoms with E-state index < -0.39 is 12.0 Å². The van der Waals surface area contributed by atoms with E-state index in [0.29, 0.717) is 27.7 Å². The molecule has 0 aliphatic heterocycles. The van der Waals surface area contributed by atoms with Crippen LogP contribution in [0.5, 0.6) is 5.75 Å². The fraction of sp³-hybridized carbons (Fsp3) is 0.0870. The minimum Gasteiger partial charge on any atom is -0.479 e. The second-order valence-electron chi connectivity index (χ2n) is 6.64. The van der Waals surface area contributed by atoms with Crippen molar-refractivity contribution in [2.75, 3.05) is 10.6 Å². The third kappa shape index (κ3) is 6.43. The van der Waals surface area contributed by atoms with E-state index in [4.69, 9.17) is 40.2 Å². The van der Waals surface area contributed by atoms with Crippen molar-refractivity contribution in [3.8, 4) is 5.75 Å². The smallest absolute Gasteiger partial charge is 0.266 e. The number of rotatable bonds is 6. The third-order valence-corrected chi connectivity index (χ3v) is 4.99. The monoisotopic (exact) mass is 487 g/mol. The first-order chi connectivity index (χ1) is 15.3. The molecule has 32 heavy (non-hydrogen) atoms. The minimum absolute atomic E-state index is 0.0209. The normalized spacial score (nSPS) is 11.2. The van der Waals surface area contributed by atoms with E-state index in [9.17, 15) is 9.59 Å². The molecule has 3 aromatic rings. The number of para-hydroxylation sites is 2. The maximum atomic E-state index is 12.7. The SMILES string of the molecule is CC(Oc1ccc(Cl)cc1Cl)C(=O)NC(=S)Nc1ccccc1C(=O)Nc1ccccc1. The summed E-state index contributed by atoms with van der Waals surface area (Å²) in [6, 6.07) is 20.6. The van der Waals surface area contributed by atoms with Crippen LogP contribution in [-0.4, -0.2) is 23.0 Å². The molecule has 0 saturated carbocycles. The number of carbonyl (C=O) groups is 2. The Hall–Kier alpha value is -3.13. The van der Waals surface area contributed by atoms with Crippen molar-refractivity contribution in [1.82, 2.24) is 5.32 Å². The van der Waals surface area contributed by atoms with Crippen LogP contribution in [0, 0.1) is 0 Å². The lowest BCUT2D eigenvalue weighted by atomic mass is 10.1. The molecule has 6 nitrogen and oxygen atoms in total. The van der Waals surface area contributed by atoms with Crippen LogP contribution >= 0.6 is 35.4 Å². The Morgan fingerprint density at radius 1 is 0.938 bits per heavy atom. The van der Waals surface area contributed by atoms with Crippen molar-refractivity contribution in [3.63, 3.8) is 0 Å². The molecular weight excluding hydrogens is 469 g/mol. The van der Waals surface area contributed by atoms with Crippen LogP contribution in [0.3, 0.4) is 0 Å². The average Bonchev–Trinajstić information content (AvgIpc) is 2.76. The summed E-state index contributed by atoms with van der Waals surface area (Å²) in [5, 5.41) is 9.02. The van der Waals surface area contributed by atoms with Crippen molar-refractivity contribution >= 4 is 63.7 Å². The van der Waals surface area contributed by atoms with Crippen LogP contribution in [0.4, 0.5) is 11.4 Å². The molecule has 0 heterocycles. The lowest BCUT2D eigenvalue weighted by molar-refractivity contribution is -0.125. The first-order valence-electron chi connectivity index (χ1n) is 9.52. The molecule has 164 valence electrons. The molecule has 9 heteroatoms. The molecule has 3 N–H and O–H groups in total. The highest BCUT2D eigenvalue weighted by molar-refractivity contribution is 7.80. The van der Waals surface area contributed by atoms with Crippen molar-refractivity contribution in [1.29, 1.82) is 0 Å². The van der Waals surface area contributed by atoms with Gasteiger partial charge in [0.2, 0.25) is 0 Å². The van der Waals surface area contributed by atoms with Crippen LogP contribution in [0.15, 0.2) is 72.8 Å². The molecule has 3 rings (SSSR count). The minimum atomic E-state index is -0.884. The molecule has 0 spiro atoms. The van der Waals surface area contributed by atoms with E-state index >= 15 is 0 Å². The number of nitrogens with one attached hydrogen (secondary N) is 3. The summed E-state index contributed by atoms with van der Waals surface area (Å²) in [5.41, 5.74) is 1.47. The first kappa shape index (κ1) is 23.5. The molecule has 1 unspecified atom stereocenters. The predicted molar refractivity (Wildman–Crippen MR) is 132 cm³/mol. The Labute approximate surface area is 200 Å². The maximum Gasteiger partial charge on any atom is 0.266 e. The maximum absolute atomic E-state index is 12.7. The largest absolute Gasteiger partial charge is 0.479 e. The molecule has 0 saturated heterocycles. The highest BCUT2D eigenvalue weighted by Crippen LogP contribution is 2.28. The van der Waals surface area contributed by atoms with E-state index in [1.54, 1.807) is 55.5 Å². The molecule has 0 bridgehead atoms. The van der Waals surface area contributed by atoms with Crippen molar-refractivity contribution in [3.05, 3.63) is 88.4 Å². The third-order valence-electron chi connectivity index (χ3n) is 4.26. The molecule has 3 aromatic carbocycles. The molecule has 0 aromatic heterocycles. The number of hydrogen-bond acceptors (Lipinski definition) is 4. The zero-order valence-electron chi connectivity index (χ0n) is 16.9. The van der Waals surface area contributed by atoms with Crippen molar-refractivity contribution < 1.29 is 14.3 Å². The molecule has 0 fully saturated rings. The van der Waals surface area contributed by atoms with Gasteiger partial charge in [0.05, 0.1) is 16.3 Å². The summed E-state index contributed by atoms with van der Waals surface area (Å²) in [5.74, 6) is -0.484. The van der Waals surface area contributed by atoms with E-state index in [1.165, 1.54) is 6.07 Å². The van der Waals surface area contributed by atoms with Gasteiger partial charge in [-0.1, -0.05) is 53.5 Å². The first-order valence-corrected chi connectivity index (χ1v) is 10.7. The quantitative estimate of drug-likeness (QED) is 0.398. The van der Waals surface area contributed by atoms with Gasteiger partial charge >= 0.3 is 0 Å². The number of ether oxygens (including phenoxy) is 1. The van der Waals surface area contributed by atoms with Gasteiger partial charge in [-0.25, -0.2) is 0 Å². The topological polar surface area (TPSA) is 79.5 Å². The number of carbonyl (C=O) groups excluding carboxylic acids is 2. The summed E-state index contributed by atoms with van der Waals surface area (Å²) in [7, 11) is 0. The average molecular weight is 488 g/mol. The van der Waals surface area contributed by atoms with Crippen LogP contribution in [-0.2, 0) is 4.79 Å². The van der Waals surface area contributed by atoms with Gasteiger partial charge in [-0.3, -0.25) is 14.9 Å². The zero-order valence-corrected chi connectivity index (χ0v) is 19.2. The number of thiocarbonyl (C=S) groups is 1. The second kappa shape index (κ2) is 10.9. The van der Waals surface area contributed by atoms with E-state index in [1.807, 2.05) is 18.2 Å². The lowest BCUT2D eigenvalue weighted by Gasteiger charge is -2.17. The molecular formula is C23H19Cl2N3O3S. The van der Waals surface area contributed by atoms with E-state index in [2.05, 4.69) is 16.0 Å². The van der Waals surface area contributed by atoms with Crippen molar-refractivity contribution in [2.45, 2.75) is 13.0 Å². The van der Waals surface area contributed by atoms with Gasteiger partial charge in [0, 0.05) is 10.7 Å².